The molecule has 4 nitrogen and oxygen atoms in total. The maximum atomic E-state index is 12.8. The number of hydrogen-bond donors (Lipinski definition) is 1. The molecule has 0 aromatic heterocycles. The summed E-state index contributed by atoms with van der Waals surface area (Å²) < 4.78 is 11.4. The number of aryl methyl sites for hydroxylation is 3. The number of ether oxygens (including phenoxy) is 2. The van der Waals surface area contributed by atoms with Crippen LogP contribution in [0.15, 0.2) is 30.3 Å². The summed E-state index contributed by atoms with van der Waals surface area (Å²) in [6.07, 6.45) is 2.12. The zero-order chi connectivity index (χ0) is 19.8. The number of amides is 1. The van der Waals surface area contributed by atoms with Gasteiger partial charge in [-0.25, -0.2) is 0 Å². The predicted molar refractivity (Wildman–Crippen MR) is 111 cm³/mol. The van der Waals surface area contributed by atoms with Gasteiger partial charge in [0, 0.05) is 23.4 Å². The largest absolute Gasteiger partial charge is 0.494 e. The van der Waals surface area contributed by atoms with Crippen molar-refractivity contribution in [1.82, 2.24) is 0 Å². The van der Waals surface area contributed by atoms with Gasteiger partial charge in [0.25, 0.3) is 5.91 Å². The van der Waals surface area contributed by atoms with E-state index in [1.165, 1.54) is 5.56 Å². The molecule has 146 valence electrons. The quantitative estimate of drug-likeness (QED) is 0.587. The lowest BCUT2D eigenvalue weighted by Crippen LogP contribution is -2.14. The van der Waals surface area contributed by atoms with Crippen molar-refractivity contribution in [3.63, 3.8) is 0 Å². The van der Waals surface area contributed by atoms with Gasteiger partial charge in [0.15, 0.2) is 0 Å². The number of nitrogens with one attached hydrogen (secondary N) is 1. The first-order valence-corrected chi connectivity index (χ1v) is 9.68. The molecular formula is C23H31NO3. The van der Waals surface area contributed by atoms with Gasteiger partial charge in [-0.05, 0) is 63.4 Å². The Labute approximate surface area is 162 Å². The van der Waals surface area contributed by atoms with E-state index in [0.29, 0.717) is 25.4 Å². The standard InChI is InChI=1S/C23H31NO3/c1-6-8-11-26-15-20-14-19(9-10-21(20)27-7-2)23(25)24-22-17(4)12-16(3)13-18(22)5/h9-10,12-14H,6-8,11,15H2,1-5H3,(H,24,25). The van der Waals surface area contributed by atoms with Gasteiger partial charge in [-0.1, -0.05) is 31.0 Å². The molecule has 0 atom stereocenters. The highest BCUT2D eigenvalue weighted by molar-refractivity contribution is 6.05. The molecule has 0 saturated carbocycles. The van der Waals surface area contributed by atoms with Crippen LogP contribution < -0.4 is 10.1 Å². The Morgan fingerprint density at radius 2 is 1.74 bits per heavy atom. The first-order chi connectivity index (χ1) is 13.0. The van der Waals surface area contributed by atoms with E-state index in [2.05, 4.69) is 31.3 Å². The van der Waals surface area contributed by atoms with Crippen molar-refractivity contribution in [2.45, 2.75) is 54.1 Å². The Bertz CT molecular complexity index is 760. The summed E-state index contributed by atoms with van der Waals surface area (Å²) in [5.41, 5.74) is 5.70. The highest BCUT2D eigenvalue weighted by atomic mass is 16.5. The van der Waals surface area contributed by atoms with Crippen molar-refractivity contribution in [1.29, 1.82) is 0 Å². The van der Waals surface area contributed by atoms with E-state index in [-0.39, 0.29) is 5.91 Å². The number of benzene rings is 2. The Balaban J connectivity index is 2.20. The first-order valence-electron chi connectivity index (χ1n) is 9.68. The molecular weight excluding hydrogens is 338 g/mol. The highest BCUT2D eigenvalue weighted by Crippen LogP contribution is 2.25. The minimum absolute atomic E-state index is 0.122. The van der Waals surface area contributed by atoms with Crippen LogP contribution in [-0.2, 0) is 11.3 Å². The monoisotopic (exact) mass is 369 g/mol. The smallest absolute Gasteiger partial charge is 0.255 e. The average molecular weight is 370 g/mol. The maximum Gasteiger partial charge on any atom is 0.255 e. The van der Waals surface area contributed by atoms with Crippen molar-refractivity contribution in [3.05, 3.63) is 58.1 Å². The van der Waals surface area contributed by atoms with Crippen LogP contribution in [0.25, 0.3) is 0 Å². The minimum Gasteiger partial charge on any atom is -0.494 e. The number of rotatable bonds is 9. The van der Waals surface area contributed by atoms with Crippen LogP contribution in [0.5, 0.6) is 5.75 Å². The maximum absolute atomic E-state index is 12.8. The van der Waals surface area contributed by atoms with Crippen LogP contribution in [0.1, 0.15) is 59.3 Å². The second-order valence-electron chi connectivity index (χ2n) is 6.89. The number of unbranched alkanes of at least 4 members (excludes halogenated alkanes) is 1. The first kappa shape index (κ1) is 21.0. The summed E-state index contributed by atoms with van der Waals surface area (Å²) in [5, 5.41) is 3.06. The van der Waals surface area contributed by atoms with Gasteiger partial charge in [-0.2, -0.15) is 0 Å². The van der Waals surface area contributed by atoms with E-state index in [4.69, 9.17) is 9.47 Å². The lowest BCUT2D eigenvalue weighted by atomic mass is 10.0. The summed E-state index contributed by atoms with van der Waals surface area (Å²) in [4.78, 5) is 12.8. The van der Waals surface area contributed by atoms with Crippen molar-refractivity contribution in [2.75, 3.05) is 18.5 Å². The van der Waals surface area contributed by atoms with Gasteiger partial charge in [0.2, 0.25) is 0 Å². The summed E-state index contributed by atoms with van der Waals surface area (Å²) in [6.45, 7) is 11.9. The fraction of sp³-hybridized carbons (Fsp3) is 0.435. The second kappa shape index (κ2) is 10.1. The third-order valence-electron chi connectivity index (χ3n) is 4.44. The molecule has 0 aliphatic heterocycles. The van der Waals surface area contributed by atoms with Gasteiger partial charge in [-0.3, -0.25) is 4.79 Å². The summed E-state index contributed by atoms with van der Waals surface area (Å²) in [5.74, 6) is 0.649. The Morgan fingerprint density at radius 1 is 1.04 bits per heavy atom. The molecule has 2 aromatic rings. The van der Waals surface area contributed by atoms with E-state index in [9.17, 15) is 4.79 Å². The molecule has 4 heteroatoms. The molecule has 1 amide bonds. The summed E-state index contributed by atoms with van der Waals surface area (Å²) in [7, 11) is 0. The predicted octanol–water partition coefficient (Wildman–Crippen LogP) is 5.58. The van der Waals surface area contributed by atoms with Gasteiger partial charge < -0.3 is 14.8 Å². The molecule has 0 bridgehead atoms. The van der Waals surface area contributed by atoms with Crippen molar-refractivity contribution >= 4 is 11.6 Å². The minimum atomic E-state index is -0.122. The molecule has 0 heterocycles. The normalized spacial score (nSPS) is 10.7. The molecule has 1 N–H and O–H groups in total. The van der Waals surface area contributed by atoms with Crippen molar-refractivity contribution in [3.8, 4) is 5.75 Å². The highest BCUT2D eigenvalue weighted by Gasteiger charge is 2.13. The van der Waals surface area contributed by atoms with E-state index < -0.39 is 0 Å². The summed E-state index contributed by atoms with van der Waals surface area (Å²) in [6, 6.07) is 9.67. The zero-order valence-corrected chi connectivity index (χ0v) is 17.1. The molecule has 0 spiro atoms. The molecule has 0 saturated heterocycles. The molecule has 2 rings (SSSR count). The number of anilines is 1. The van der Waals surface area contributed by atoms with E-state index in [1.54, 1.807) is 6.07 Å². The molecule has 2 aromatic carbocycles. The van der Waals surface area contributed by atoms with Crippen LogP contribution in [0, 0.1) is 20.8 Å². The second-order valence-corrected chi connectivity index (χ2v) is 6.89. The Hall–Kier alpha value is -2.33. The summed E-state index contributed by atoms with van der Waals surface area (Å²) >= 11 is 0. The van der Waals surface area contributed by atoms with Crippen molar-refractivity contribution < 1.29 is 14.3 Å². The van der Waals surface area contributed by atoms with Gasteiger partial charge in [-0.15, -0.1) is 0 Å². The van der Waals surface area contributed by atoms with Crippen LogP contribution in [0.4, 0.5) is 5.69 Å². The number of hydrogen-bond acceptors (Lipinski definition) is 3. The van der Waals surface area contributed by atoms with Gasteiger partial charge >= 0.3 is 0 Å². The van der Waals surface area contributed by atoms with E-state index in [0.717, 1.165) is 41.0 Å². The van der Waals surface area contributed by atoms with E-state index >= 15 is 0 Å². The van der Waals surface area contributed by atoms with Gasteiger partial charge in [0.05, 0.1) is 13.2 Å². The van der Waals surface area contributed by atoms with Crippen LogP contribution in [0.2, 0.25) is 0 Å². The molecule has 0 unspecified atom stereocenters. The number of carbonyl (C=O) groups excluding carboxylic acids is 1. The molecule has 0 aliphatic rings. The lowest BCUT2D eigenvalue weighted by molar-refractivity contribution is 0.102. The third kappa shape index (κ3) is 5.83. The number of carbonyl (C=O) groups is 1. The zero-order valence-electron chi connectivity index (χ0n) is 17.1. The average Bonchev–Trinajstić information content (AvgIpc) is 2.63. The van der Waals surface area contributed by atoms with Crippen LogP contribution in [0.3, 0.4) is 0 Å². The lowest BCUT2D eigenvalue weighted by Gasteiger charge is -2.15. The van der Waals surface area contributed by atoms with Crippen LogP contribution >= 0.6 is 0 Å². The Kier molecular flexibility index (Phi) is 7.86. The van der Waals surface area contributed by atoms with E-state index in [1.807, 2.05) is 32.9 Å². The molecule has 0 aliphatic carbocycles. The molecule has 27 heavy (non-hydrogen) atoms. The van der Waals surface area contributed by atoms with Crippen molar-refractivity contribution in [2.24, 2.45) is 0 Å². The van der Waals surface area contributed by atoms with Crippen LogP contribution in [-0.4, -0.2) is 19.1 Å². The SMILES string of the molecule is CCCCOCc1cc(C(=O)Nc2c(C)cc(C)cc2C)ccc1OCC. The fourth-order valence-electron chi connectivity index (χ4n) is 3.12. The third-order valence-corrected chi connectivity index (χ3v) is 4.44. The topological polar surface area (TPSA) is 47.6 Å². The molecule has 0 fully saturated rings. The van der Waals surface area contributed by atoms with Gasteiger partial charge in [0.1, 0.15) is 5.75 Å². The Morgan fingerprint density at radius 3 is 2.37 bits per heavy atom. The fourth-order valence-corrected chi connectivity index (χ4v) is 3.12. The molecule has 0 radical (unpaired) electrons.